The molecule has 6 nitrogen and oxygen atoms in total. The van der Waals surface area contributed by atoms with E-state index in [0.717, 1.165) is 57.6 Å². The van der Waals surface area contributed by atoms with E-state index in [-0.39, 0.29) is 17.7 Å². The molecule has 2 aliphatic rings. The molecule has 1 aromatic rings. The van der Waals surface area contributed by atoms with Gasteiger partial charge in [0.2, 0.25) is 11.8 Å². The van der Waals surface area contributed by atoms with Crippen molar-refractivity contribution in [3.05, 3.63) is 29.8 Å². The third-order valence-corrected chi connectivity index (χ3v) is 5.69. The predicted molar refractivity (Wildman–Crippen MR) is 109 cm³/mol. The van der Waals surface area contributed by atoms with Gasteiger partial charge in [-0.2, -0.15) is 0 Å². The molecule has 0 bridgehead atoms. The van der Waals surface area contributed by atoms with E-state index in [4.69, 9.17) is 4.74 Å². The van der Waals surface area contributed by atoms with E-state index >= 15 is 0 Å². The molecule has 6 heteroatoms. The first-order chi connectivity index (χ1) is 13.6. The molecule has 1 aliphatic heterocycles. The molecule has 1 aromatic carbocycles. The number of ether oxygens (including phenoxy) is 1. The van der Waals surface area contributed by atoms with Gasteiger partial charge in [0.15, 0.2) is 0 Å². The largest absolute Gasteiger partial charge is 0.497 e. The minimum Gasteiger partial charge on any atom is -0.497 e. The molecule has 0 radical (unpaired) electrons. The van der Waals surface area contributed by atoms with Crippen molar-refractivity contribution in [2.45, 2.75) is 45.1 Å². The highest BCUT2D eigenvalue weighted by atomic mass is 16.5. The van der Waals surface area contributed by atoms with Gasteiger partial charge in [-0.15, -0.1) is 0 Å². The van der Waals surface area contributed by atoms with Crippen molar-refractivity contribution in [2.24, 2.45) is 11.8 Å². The predicted octanol–water partition coefficient (Wildman–Crippen LogP) is 2.33. The topological polar surface area (TPSA) is 70.7 Å². The van der Waals surface area contributed by atoms with Gasteiger partial charge >= 0.3 is 0 Å². The molecule has 1 heterocycles. The maximum Gasteiger partial charge on any atom is 0.223 e. The monoisotopic (exact) mass is 387 g/mol. The number of methoxy groups -OCH3 is 1. The van der Waals surface area contributed by atoms with Crippen molar-refractivity contribution < 1.29 is 14.3 Å². The van der Waals surface area contributed by atoms with Crippen molar-refractivity contribution in [1.29, 1.82) is 0 Å². The van der Waals surface area contributed by atoms with Crippen LogP contribution in [0.25, 0.3) is 0 Å². The van der Waals surface area contributed by atoms with E-state index in [2.05, 4.69) is 27.7 Å². The summed E-state index contributed by atoms with van der Waals surface area (Å²) in [5.74, 6) is 1.95. The van der Waals surface area contributed by atoms with Crippen molar-refractivity contribution in [2.75, 3.05) is 33.3 Å². The Morgan fingerprint density at radius 1 is 1.07 bits per heavy atom. The number of likely N-dealkylation sites (tertiary alicyclic amines) is 1. The minimum atomic E-state index is 0.0985. The van der Waals surface area contributed by atoms with E-state index < -0.39 is 0 Å². The van der Waals surface area contributed by atoms with Gasteiger partial charge in [0.25, 0.3) is 0 Å². The Balaban J connectivity index is 1.24. The summed E-state index contributed by atoms with van der Waals surface area (Å²) in [5.41, 5.74) is 1.31. The lowest BCUT2D eigenvalue weighted by atomic mass is 9.96. The van der Waals surface area contributed by atoms with Gasteiger partial charge in [-0.3, -0.25) is 14.5 Å². The van der Waals surface area contributed by atoms with E-state index in [1.54, 1.807) is 7.11 Å². The van der Waals surface area contributed by atoms with Gasteiger partial charge in [0.05, 0.1) is 7.11 Å². The highest BCUT2D eigenvalue weighted by Gasteiger charge is 2.29. The van der Waals surface area contributed by atoms with Crippen molar-refractivity contribution in [3.8, 4) is 5.75 Å². The fourth-order valence-electron chi connectivity index (χ4n) is 3.63. The third kappa shape index (κ3) is 6.82. The highest BCUT2D eigenvalue weighted by Crippen LogP contribution is 2.28. The summed E-state index contributed by atoms with van der Waals surface area (Å²) in [6.07, 6.45) is 5.48. The van der Waals surface area contributed by atoms with Crippen LogP contribution in [0.2, 0.25) is 0 Å². The average Bonchev–Trinajstić information content (AvgIpc) is 3.56. The number of carbonyl (C=O) groups excluding carboxylic acids is 2. The van der Waals surface area contributed by atoms with Crippen LogP contribution < -0.4 is 15.4 Å². The Kier molecular flexibility index (Phi) is 7.71. The number of carbonyl (C=O) groups is 2. The molecule has 28 heavy (non-hydrogen) atoms. The highest BCUT2D eigenvalue weighted by molar-refractivity contribution is 5.81. The van der Waals surface area contributed by atoms with Crippen LogP contribution in [0.3, 0.4) is 0 Å². The van der Waals surface area contributed by atoms with Gasteiger partial charge in [0.1, 0.15) is 5.75 Å². The normalized spacial score (nSPS) is 17.9. The number of nitrogens with zero attached hydrogens (tertiary/aromatic N) is 1. The molecule has 1 saturated carbocycles. The summed E-state index contributed by atoms with van der Waals surface area (Å²) in [4.78, 5) is 26.0. The molecule has 1 aliphatic carbocycles. The lowest BCUT2D eigenvalue weighted by Crippen LogP contribution is -2.38. The van der Waals surface area contributed by atoms with Gasteiger partial charge in [-0.1, -0.05) is 12.1 Å². The zero-order chi connectivity index (χ0) is 19.8. The average molecular weight is 388 g/mol. The second-order valence-corrected chi connectivity index (χ2v) is 8.04. The van der Waals surface area contributed by atoms with E-state index in [0.29, 0.717) is 25.3 Å². The Morgan fingerprint density at radius 3 is 2.43 bits per heavy atom. The smallest absolute Gasteiger partial charge is 0.223 e. The minimum absolute atomic E-state index is 0.0985. The Morgan fingerprint density at radius 2 is 1.79 bits per heavy atom. The van der Waals surface area contributed by atoms with Crippen LogP contribution in [-0.4, -0.2) is 50.0 Å². The Labute approximate surface area is 168 Å². The van der Waals surface area contributed by atoms with Crippen LogP contribution in [0.4, 0.5) is 0 Å². The van der Waals surface area contributed by atoms with E-state index in [9.17, 15) is 9.59 Å². The van der Waals surface area contributed by atoms with Gasteiger partial charge in [0, 0.05) is 32.0 Å². The van der Waals surface area contributed by atoms with Crippen molar-refractivity contribution in [1.82, 2.24) is 15.5 Å². The first-order valence-electron chi connectivity index (χ1n) is 10.5. The van der Waals surface area contributed by atoms with Gasteiger partial charge < -0.3 is 15.4 Å². The molecule has 2 N–H and O–H groups in total. The second kappa shape index (κ2) is 10.5. The van der Waals surface area contributed by atoms with Crippen LogP contribution in [0.15, 0.2) is 24.3 Å². The molecule has 0 atom stereocenters. The maximum absolute atomic E-state index is 12.0. The van der Waals surface area contributed by atoms with Crippen LogP contribution in [-0.2, 0) is 16.1 Å². The van der Waals surface area contributed by atoms with Crippen LogP contribution in [0, 0.1) is 11.8 Å². The molecule has 0 spiro atoms. The van der Waals surface area contributed by atoms with E-state index in [1.165, 1.54) is 5.56 Å². The lowest BCUT2D eigenvalue weighted by Gasteiger charge is -2.32. The number of benzene rings is 1. The molecule has 0 unspecified atom stereocenters. The third-order valence-electron chi connectivity index (χ3n) is 5.69. The fourth-order valence-corrected chi connectivity index (χ4v) is 3.63. The quantitative estimate of drug-likeness (QED) is 0.605. The number of rotatable bonds is 10. The van der Waals surface area contributed by atoms with Crippen LogP contribution >= 0.6 is 0 Å². The first-order valence-corrected chi connectivity index (χ1v) is 10.5. The molecule has 3 rings (SSSR count). The maximum atomic E-state index is 12.0. The number of hydrogen-bond donors (Lipinski definition) is 2. The molecular weight excluding hydrogens is 354 g/mol. The first kappa shape index (κ1) is 20.6. The van der Waals surface area contributed by atoms with Gasteiger partial charge in [-0.25, -0.2) is 0 Å². The Bertz CT molecular complexity index is 635. The molecule has 1 saturated heterocycles. The summed E-state index contributed by atoms with van der Waals surface area (Å²) in [6, 6.07) is 8.26. The molecular formula is C22H33N3O3. The summed E-state index contributed by atoms with van der Waals surface area (Å²) < 4.78 is 5.21. The van der Waals surface area contributed by atoms with E-state index in [1.807, 2.05) is 12.1 Å². The lowest BCUT2D eigenvalue weighted by molar-refractivity contribution is -0.123. The molecule has 154 valence electrons. The standard InChI is InChI=1S/C22H33N3O3/c1-28-20-8-4-18(5-9-20)16-25-13-10-17(11-14-25)15-24-21(26)3-2-12-23-22(27)19-6-7-19/h4-5,8-9,17,19H,2-3,6-7,10-16H2,1H3,(H,23,27)(H,24,26). The number of amides is 2. The van der Waals surface area contributed by atoms with Gasteiger partial charge in [-0.05, 0) is 68.8 Å². The second-order valence-electron chi connectivity index (χ2n) is 8.04. The SMILES string of the molecule is COc1ccc(CN2CCC(CNC(=O)CCCNC(=O)C3CC3)CC2)cc1. The fraction of sp³-hybridized carbons (Fsp3) is 0.636. The van der Waals surface area contributed by atoms with Crippen LogP contribution in [0.1, 0.15) is 44.1 Å². The number of hydrogen-bond acceptors (Lipinski definition) is 4. The zero-order valence-electron chi connectivity index (χ0n) is 16.9. The number of piperidine rings is 1. The Hall–Kier alpha value is -2.08. The van der Waals surface area contributed by atoms with Crippen molar-refractivity contribution >= 4 is 11.8 Å². The molecule has 2 fully saturated rings. The summed E-state index contributed by atoms with van der Waals surface area (Å²) >= 11 is 0. The van der Waals surface area contributed by atoms with Crippen molar-refractivity contribution in [3.63, 3.8) is 0 Å². The summed E-state index contributed by atoms with van der Waals surface area (Å²) in [7, 11) is 1.69. The summed E-state index contributed by atoms with van der Waals surface area (Å²) in [6.45, 7) is 4.48. The zero-order valence-corrected chi connectivity index (χ0v) is 16.9. The molecule has 2 amide bonds. The van der Waals surface area contributed by atoms with Crippen LogP contribution in [0.5, 0.6) is 5.75 Å². The summed E-state index contributed by atoms with van der Waals surface area (Å²) in [5, 5.41) is 5.97. The number of nitrogens with one attached hydrogen (secondary N) is 2. The molecule has 0 aromatic heterocycles.